The number of hydrogen-bond donors (Lipinski definition) is 1. The Bertz CT molecular complexity index is 399. The number of rotatable bonds is 2. The van der Waals surface area contributed by atoms with E-state index in [1.165, 1.54) is 6.92 Å². The molecule has 0 saturated heterocycles. The standard InChI is InChI=1S/C7H7ClN2O3/c1-4(11)3-10-7(13)6(8)5(12)2-9-10/h2,12H,3H2,1H3. The van der Waals surface area contributed by atoms with Gasteiger partial charge in [0, 0.05) is 0 Å². The van der Waals surface area contributed by atoms with E-state index in [9.17, 15) is 9.59 Å². The molecular weight excluding hydrogens is 196 g/mol. The zero-order valence-electron chi connectivity index (χ0n) is 6.82. The first-order valence-electron chi connectivity index (χ1n) is 3.46. The van der Waals surface area contributed by atoms with Crippen molar-refractivity contribution in [3.05, 3.63) is 21.6 Å². The number of hydrogen-bond acceptors (Lipinski definition) is 4. The van der Waals surface area contributed by atoms with Gasteiger partial charge in [0.15, 0.2) is 16.6 Å². The Morgan fingerprint density at radius 1 is 1.77 bits per heavy atom. The summed E-state index contributed by atoms with van der Waals surface area (Å²) >= 11 is 5.43. The van der Waals surface area contributed by atoms with Crippen LogP contribution in [-0.4, -0.2) is 20.7 Å². The summed E-state index contributed by atoms with van der Waals surface area (Å²) in [6.45, 7) is 1.19. The fourth-order valence-electron chi connectivity index (χ4n) is 0.780. The lowest BCUT2D eigenvalue weighted by molar-refractivity contribution is -0.117. The Labute approximate surface area is 78.6 Å². The Morgan fingerprint density at radius 3 is 2.92 bits per heavy atom. The van der Waals surface area contributed by atoms with E-state index in [1.54, 1.807) is 0 Å². The predicted molar refractivity (Wildman–Crippen MR) is 45.9 cm³/mol. The van der Waals surface area contributed by atoms with Crippen LogP contribution in [0.2, 0.25) is 5.02 Å². The van der Waals surface area contributed by atoms with Gasteiger partial charge in [0.05, 0.1) is 6.20 Å². The molecular formula is C7H7ClN2O3. The average molecular weight is 203 g/mol. The molecule has 0 aliphatic rings. The van der Waals surface area contributed by atoms with Crippen molar-refractivity contribution in [2.24, 2.45) is 0 Å². The summed E-state index contributed by atoms with van der Waals surface area (Å²) in [6.07, 6.45) is 1.02. The molecule has 0 saturated carbocycles. The summed E-state index contributed by atoms with van der Waals surface area (Å²) in [5.74, 6) is -0.595. The smallest absolute Gasteiger partial charge is 0.289 e. The molecule has 0 spiro atoms. The van der Waals surface area contributed by atoms with Gasteiger partial charge in [-0.3, -0.25) is 9.59 Å². The summed E-state index contributed by atoms with van der Waals surface area (Å²) in [5.41, 5.74) is -0.670. The van der Waals surface area contributed by atoms with Gasteiger partial charge in [0.2, 0.25) is 0 Å². The number of carbonyl (C=O) groups excluding carboxylic acids is 1. The van der Waals surface area contributed by atoms with Crippen LogP contribution < -0.4 is 5.56 Å². The van der Waals surface area contributed by atoms with Crippen LogP contribution in [0.5, 0.6) is 5.75 Å². The molecule has 0 aliphatic carbocycles. The highest BCUT2D eigenvalue weighted by atomic mass is 35.5. The largest absolute Gasteiger partial charge is 0.505 e. The van der Waals surface area contributed by atoms with Crippen molar-refractivity contribution < 1.29 is 9.90 Å². The molecule has 0 atom stereocenters. The van der Waals surface area contributed by atoms with E-state index in [0.717, 1.165) is 10.9 Å². The molecule has 0 amide bonds. The van der Waals surface area contributed by atoms with Crippen LogP contribution in [0.25, 0.3) is 0 Å². The molecule has 5 nitrogen and oxygen atoms in total. The molecule has 13 heavy (non-hydrogen) atoms. The van der Waals surface area contributed by atoms with E-state index in [-0.39, 0.29) is 23.1 Å². The van der Waals surface area contributed by atoms with Gasteiger partial charge in [-0.1, -0.05) is 11.6 Å². The summed E-state index contributed by atoms with van der Waals surface area (Å²) in [4.78, 5) is 21.8. The quantitative estimate of drug-likeness (QED) is 0.743. The van der Waals surface area contributed by atoms with Crippen LogP contribution in [0.15, 0.2) is 11.0 Å². The minimum absolute atomic E-state index is 0.140. The summed E-state index contributed by atoms with van der Waals surface area (Å²) in [7, 11) is 0. The highest BCUT2D eigenvalue weighted by Crippen LogP contribution is 2.14. The maximum atomic E-state index is 11.2. The third kappa shape index (κ3) is 2.06. The maximum Gasteiger partial charge on any atom is 0.289 e. The van der Waals surface area contributed by atoms with Gasteiger partial charge >= 0.3 is 0 Å². The van der Waals surface area contributed by atoms with E-state index in [1.807, 2.05) is 0 Å². The van der Waals surface area contributed by atoms with Gasteiger partial charge < -0.3 is 5.11 Å². The van der Waals surface area contributed by atoms with E-state index < -0.39 is 5.56 Å². The molecule has 1 aromatic rings. The van der Waals surface area contributed by atoms with Gasteiger partial charge in [0.25, 0.3) is 5.56 Å². The SMILES string of the molecule is CC(=O)Cn1ncc(O)c(Cl)c1=O. The average Bonchev–Trinajstić information content (AvgIpc) is 2.06. The second-order valence-corrected chi connectivity index (χ2v) is 2.89. The van der Waals surface area contributed by atoms with E-state index in [4.69, 9.17) is 16.7 Å². The zero-order chi connectivity index (χ0) is 10.0. The van der Waals surface area contributed by atoms with E-state index in [2.05, 4.69) is 5.10 Å². The number of nitrogens with zero attached hydrogens (tertiary/aromatic N) is 2. The van der Waals surface area contributed by atoms with Crippen molar-refractivity contribution in [3.63, 3.8) is 0 Å². The van der Waals surface area contributed by atoms with E-state index in [0.29, 0.717) is 0 Å². The maximum absolute atomic E-state index is 11.2. The van der Waals surface area contributed by atoms with Gasteiger partial charge in [-0.15, -0.1) is 0 Å². The fraction of sp³-hybridized carbons (Fsp3) is 0.286. The van der Waals surface area contributed by atoms with Crippen molar-refractivity contribution in [2.45, 2.75) is 13.5 Å². The molecule has 1 heterocycles. The lowest BCUT2D eigenvalue weighted by atomic mass is 10.4. The first kappa shape index (κ1) is 9.73. The monoisotopic (exact) mass is 202 g/mol. The third-order valence-corrected chi connectivity index (χ3v) is 1.69. The van der Waals surface area contributed by atoms with Crippen LogP contribution in [0.3, 0.4) is 0 Å². The molecule has 0 bridgehead atoms. The van der Waals surface area contributed by atoms with Crippen molar-refractivity contribution in [3.8, 4) is 5.75 Å². The number of aromatic hydroxyl groups is 1. The summed E-state index contributed by atoms with van der Waals surface area (Å²) in [6, 6.07) is 0. The number of halogens is 1. The Balaban J connectivity index is 3.19. The number of Topliss-reactive ketones (excluding diaryl/α,β-unsaturated/α-hetero) is 1. The Morgan fingerprint density at radius 2 is 2.38 bits per heavy atom. The minimum atomic E-state index is -0.670. The van der Waals surface area contributed by atoms with Gasteiger partial charge in [-0.05, 0) is 6.92 Å². The van der Waals surface area contributed by atoms with Crippen LogP contribution in [0.1, 0.15) is 6.92 Å². The molecule has 0 radical (unpaired) electrons. The molecule has 0 aliphatic heterocycles. The molecule has 1 rings (SSSR count). The first-order valence-corrected chi connectivity index (χ1v) is 3.84. The second-order valence-electron chi connectivity index (χ2n) is 2.51. The lowest BCUT2D eigenvalue weighted by Crippen LogP contribution is -2.25. The second kappa shape index (κ2) is 3.57. The van der Waals surface area contributed by atoms with Crippen molar-refractivity contribution in [1.29, 1.82) is 0 Å². The Hall–Kier alpha value is -1.36. The van der Waals surface area contributed by atoms with Crippen LogP contribution >= 0.6 is 11.6 Å². The zero-order valence-corrected chi connectivity index (χ0v) is 7.58. The van der Waals surface area contributed by atoms with Crippen LogP contribution in [-0.2, 0) is 11.3 Å². The highest BCUT2D eigenvalue weighted by molar-refractivity contribution is 6.31. The topological polar surface area (TPSA) is 72.2 Å². The molecule has 0 aromatic carbocycles. The minimum Gasteiger partial charge on any atom is -0.505 e. The Kier molecular flexibility index (Phi) is 2.67. The first-order chi connectivity index (χ1) is 6.02. The predicted octanol–water partition coefficient (Wildman–Crippen LogP) is 0.191. The van der Waals surface area contributed by atoms with Crippen LogP contribution in [0.4, 0.5) is 0 Å². The fourth-order valence-corrected chi connectivity index (χ4v) is 0.926. The summed E-state index contributed by atoms with van der Waals surface area (Å²) in [5, 5.41) is 12.2. The third-order valence-electron chi connectivity index (χ3n) is 1.34. The molecule has 0 fully saturated rings. The van der Waals surface area contributed by atoms with Gasteiger partial charge in [0.1, 0.15) is 6.54 Å². The molecule has 6 heteroatoms. The number of ketones is 1. The van der Waals surface area contributed by atoms with Crippen LogP contribution in [0, 0.1) is 0 Å². The van der Waals surface area contributed by atoms with Gasteiger partial charge in [-0.25, -0.2) is 4.68 Å². The molecule has 0 unspecified atom stereocenters. The highest BCUT2D eigenvalue weighted by Gasteiger charge is 2.08. The van der Waals surface area contributed by atoms with E-state index >= 15 is 0 Å². The van der Waals surface area contributed by atoms with Crippen molar-refractivity contribution in [1.82, 2.24) is 9.78 Å². The van der Waals surface area contributed by atoms with Gasteiger partial charge in [-0.2, -0.15) is 5.10 Å². The van der Waals surface area contributed by atoms with Crippen molar-refractivity contribution in [2.75, 3.05) is 0 Å². The number of carbonyl (C=O) groups is 1. The molecule has 1 aromatic heterocycles. The number of aromatic nitrogens is 2. The summed E-state index contributed by atoms with van der Waals surface area (Å²) < 4.78 is 0.893. The van der Waals surface area contributed by atoms with Crippen molar-refractivity contribution >= 4 is 17.4 Å². The lowest BCUT2D eigenvalue weighted by Gasteiger charge is -2.01. The molecule has 1 N–H and O–H groups in total. The molecule has 70 valence electrons. The normalized spacial score (nSPS) is 10.0.